The number of thiazole rings is 1. The van der Waals surface area contributed by atoms with Gasteiger partial charge in [0.1, 0.15) is 0 Å². The predicted octanol–water partition coefficient (Wildman–Crippen LogP) is 3.25. The van der Waals surface area contributed by atoms with Crippen molar-refractivity contribution in [2.45, 2.75) is 25.8 Å². The van der Waals surface area contributed by atoms with Crippen molar-refractivity contribution in [2.75, 3.05) is 23.7 Å². The van der Waals surface area contributed by atoms with Gasteiger partial charge in [-0.2, -0.15) is 0 Å². The van der Waals surface area contributed by atoms with E-state index in [4.69, 9.17) is 0 Å². The highest BCUT2D eigenvalue weighted by Crippen LogP contribution is 2.32. The summed E-state index contributed by atoms with van der Waals surface area (Å²) < 4.78 is 0.980. The van der Waals surface area contributed by atoms with Crippen molar-refractivity contribution in [1.82, 2.24) is 9.88 Å². The number of rotatable bonds is 5. The molecule has 1 aliphatic carbocycles. The van der Waals surface area contributed by atoms with Gasteiger partial charge in [0.2, 0.25) is 11.8 Å². The van der Waals surface area contributed by atoms with Crippen LogP contribution in [0.25, 0.3) is 0 Å². The number of nitrogens with zero attached hydrogens (tertiary/aromatic N) is 2. The van der Waals surface area contributed by atoms with Gasteiger partial charge in [0, 0.05) is 40.5 Å². The summed E-state index contributed by atoms with van der Waals surface area (Å²) in [5.41, 5.74) is 1.84. The van der Waals surface area contributed by atoms with E-state index in [-0.39, 0.29) is 17.7 Å². The molecule has 2 aliphatic rings. The Balaban J connectivity index is 1.32. The molecule has 8 heteroatoms. The molecule has 0 unspecified atom stereocenters. The van der Waals surface area contributed by atoms with Crippen LogP contribution in [-0.2, 0) is 22.6 Å². The molecule has 1 aliphatic heterocycles. The van der Waals surface area contributed by atoms with Crippen LogP contribution in [0, 0.1) is 5.92 Å². The number of carbonyl (C=O) groups excluding carboxylic acids is 2. The first kappa shape index (κ1) is 17.6. The topological polar surface area (TPSA) is 74.3 Å². The summed E-state index contributed by atoms with van der Waals surface area (Å²) in [6.45, 7) is 1.83. The van der Waals surface area contributed by atoms with Crippen LogP contribution in [0.4, 0.5) is 10.8 Å². The molecule has 0 bridgehead atoms. The van der Waals surface area contributed by atoms with Gasteiger partial charge in [-0.05, 0) is 37.1 Å². The van der Waals surface area contributed by atoms with Crippen molar-refractivity contribution >= 4 is 49.9 Å². The van der Waals surface area contributed by atoms with Crippen LogP contribution in [0.2, 0.25) is 0 Å². The van der Waals surface area contributed by atoms with Crippen molar-refractivity contribution in [3.8, 4) is 0 Å². The highest BCUT2D eigenvalue weighted by Gasteiger charge is 2.31. The fourth-order valence-corrected chi connectivity index (χ4v) is 4.24. The number of aromatic nitrogens is 1. The quantitative estimate of drug-likeness (QED) is 0.757. The second-order valence-corrected chi connectivity index (χ2v) is 8.67. The van der Waals surface area contributed by atoms with E-state index in [1.165, 1.54) is 11.3 Å². The van der Waals surface area contributed by atoms with Gasteiger partial charge < -0.3 is 10.6 Å². The molecule has 0 atom stereocenters. The zero-order valence-corrected chi connectivity index (χ0v) is 16.5. The van der Waals surface area contributed by atoms with E-state index < -0.39 is 0 Å². The standard InChI is InChI=1S/C18H19BrN4O2S/c19-12-3-5-13(6-4-12)20-16(24)10-23-8-7-14-15(9-23)26-18(21-14)22-17(25)11-1-2-11/h3-6,11H,1-2,7-10H2,(H,20,24)(H,21,22,25). The molecule has 1 aromatic carbocycles. The lowest BCUT2D eigenvalue weighted by Crippen LogP contribution is -2.36. The zero-order valence-electron chi connectivity index (χ0n) is 14.1. The number of hydrogen-bond acceptors (Lipinski definition) is 5. The van der Waals surface area contributed by atoms with Crippen molar-refractivity contribution < 1.29 is 9.59 Å². The Hall–Kier alpha value is -1.77. The summed E-state index contributed by atoms with van der Waals surface area (Å²) >= 11 is 4.91. The van der Waals surface area contributed by atoms with Crippen LogP contribution >= 0.6 is 27.3 Å². The van der Waals surface area contributed by atoms with Crippen molar-refractivity contribution in [3.63, 3.8) is 0 Å². The lowest BCUT2D eigenvalue weighted by atomic mass is 10.2. The predicted molar refractivity (Wildman–Crippen MR) is 105 cm³/mol. The summed E-state index contributed by atoms with van der Waals surface area (Å²) in [6, 6.07) is 7.54. The second-order valence-electron chi connectivity index (χ2n) is 6.67. The number of nitrogens with one attached hydrogen (secondary N) is 2. The maximum atomic E-state index is 12.3. The molecular formula is C18H19BrN4O2S. The van der Waals surface area contributed by atoms with E-state index in [1.54, 1.807) is 0 Å². The molecule has 136 valence electrons. The molecule has 0 radical (unpaired) electrons. The molecule has 0 spiro atoms. The third-order valence-corrected chi connectivity index (χ3v) is 6.01. The number of fused-ring (bicyclic) bond motifs is 1. The van der Waals surface area contributed by atoms with Gasteiger partial charge in [0.05, 0.1) is 12.2 Å². The normalized spacial score (nSPS) is 16.8. The third-order valence-electron chi connectivity index (χ3n) is 4.48. The Kier molecular flexibility index (Phi) is 5.06. The molecule has 26 heavy (non-hydrogen) atoms. The third kappa shape index (κ3) is 4.31. The van der Waals surface area contributed by atoms with E-state index in [2.05, 4.69) is 36.4 Å². The minimum Gasteiger partial charge on any atom is -0.325 e. The van der Waals surface area contributed by atoms with Gasteiger partial charge >= 0.3 is 0 Å². The largest absolute Gasteiger partial charge is 0.325 e. The van der Waals surface area contributed by atoms with Gasteiger partial charge in [-0.3, -0.25) is 14.5 Å². The van der Waals surface area contributed by atoms with Crippen molar-refractivity contribution in [2.24, 2.45) is 5.92 Å². The average Bonchev–Trinajstić information content (AvgIpc) is 3.38. The lowest BCUT2D eigenvalue weighted by Gasteiger charge is -2.25. The fraction of sp³-hybridized carbons (Fsp3) is 0.389. The molecule has 2 heterocycles. The summed E-state index contributed by atoms with van der Waals surface area (Å²) in [4.78, 5) is 32.0. The summed E-state index contributed by atoms with van der Waals surface area (Å²) in [5, 5.41) is 6.53. The highest BCUT2D eigenvalue weighted by atomic mass is 79.9. The number of hydrogen-bond donors (Lipinski definition) is 2. The average molecular weight is 435 g/mol. The van der Waals surface area contributed by atoms with Crippen LogP contribution in [0.3, 0.4) is 0 Å². The van der Waals surface area contributed by atoms with E-state index in [9.17, 15) is 9.59 Å². The summed E-state index contributed by atoms with van der Waals surface area (Å²) in [7, 11) is 0. The van der Waals surface area contributed by atoms with Crippen LogP contribution in [0.15, 0.2) is 28.7 Å². The maximum Gasteiger partial charge on any atom is 0.238 e. The first-order chi connectivity index (χ1) is 12.6. The van der Waals surface area contributed by atoms with Crippen molar-refractivity contribution in [1.29, 1.82) is 0 Å². The monoisotopic (exact) mass is 434 g/mol. The molecular weight excluding hydrogens is 416 g/mol. The molecule has 6 nitrogen and oxygen atoms in total. The second kappa shape index (κ2) is 7.46. The van der Waals surface area contributed by atoms with Crippen LogP contribution in [-0.4, -0.2) is 34.8 Å². The molecule has 1 saturated carbocycles. The molecule has 2 amide bonds. The smallest absolute Gasteiger partial charge is 0.238 e. The van der Waals surface area contributed by atoms with Gasteiger partial charge in [-0.1, -0.05) is 15.9 Å². The number of benzene rings is 1. The number of carbonyl (C=O) groups is 2. The lowest BCUT2D eigenvalue weighted by molar-refractivity contribution is -0.118. The number of amides is 2. The van der Waals surface area contributed by atoms with Crippen LogP contribution < -0.4 is 10.6 Å². The van der Waals surface area contributed by atoms with E-state index >= 15 is 0 Å². The summed E-state index contributed by atoms with van der Waals surface area (Å²) in [5.74, 6) is 0.235. The van der Waals surface area contributed by atoms with E-state index in [1.807, 2.05) is 24.3 Å². The Morgan fingerprint density at radius 3 is 2.73 bits per heavy atom. The SMILES string of the molecule is O=C(CN1CCc2nc(NC(=O)C3CC3)sc2C1)Nc1ccc(Br)cc1. The first-order valence-electron chi connectivity index (χ1n) is 8.64. The molecule has 1 aromatic heterocycles. The molecule has 2 N–H and O–H groups in total. The summed E-state index contributed by atoms with van der Waals surface area (Å²) in [6.07, 6.45) is 2.77. The molecule has 4 rings (SSSR count). The first-order valence-corrected chi connectivity index (χ1v) is 10.2. The van der Waals surface area contributed by atoms with Crippen molar-refractivity contribution in [3.05, 3.63) is 39.3 Å². The van der Waals surface area contributed by atoms with Gasteiger partial charge in [0.15, 0.2) is 5.13 Å². The van der Waals surface area contributed by atoms with Gasteiger partial charge in [-0.15, -0.1) is 11.3 Å². The minimum absolute atomic E-state index is 0.0254. The van der Waals surface area contributed by atoms with Gasteiger partial charge in [0.25, 0.3) is 0 Å². The number of anilines is 2. The number of halogens is 1. The highest BCUT2D eigenvalue weighted by molar-refractivity contribution is 9.10. The Morgan fingerprint density at radius 2 is 2.00 bits per heavy atom. The molecule has 1 fully saturated rings. The van der Waals surface area contributed by atoms with Gasteiger partial charge in [-0.25, -0.2) is 4.98 Å². The Morgan fingerprint density at radius 1 is 1.23 bits per heavy atom. The molecule has 0 saturated heterocycles. The fourth-order valence-electron chi connectivity index (χ4n) is 2.93. The van der Waals surface area contributed by atoms with Crippen LogP contribution in [0.1, 0.15) is 23.4 Å². The van der Waals surface area contributed by atoms with Crippen LogP contribution in [0.5, 0.6) is 0 Å². The molecule has 2 aromatic rings. The Bertz CT molecular complexity index is 832. The zero-order chi connectivity index (χ0) is 18.1. The van der Waals surface area contributed by atoms with E-state index in [0.29, 0.717) is 18.2 Å². The maximum absolute atomic E-state index is 12.3. The minimum atomic E-state index is -0.0254. The Labute approximate surface area is 164 Å². The van der Waals surface area contributed by atoms with E-state index in [0.717, 1.165) is 46.5 Å².